The van der Waals surface area contributed by atoms with E-state index in [9.17, 15) is 4.79 Å². The summed E-state index contributed by atoms with van der Waals surface area (Å²) in [5, 5.41) is 0.701. The first-order chi connectivity index (χ1) is 12.6. The highest BCUT2D eigenvalue weighted by Crippen LogP contribution is 2.40. The van der Waals surface area contributed by atoms with Crippen molar-refractivity contribution in [3.05, 3.63) is 53.2 Å². The number of fused-ring (bicyclic) bond motifs is 1. The van der Waals surface area contributed by atoms with Crippen molar-refractivity contribution >= 4 is 17.5 Å². The molecule has 1 saturated carbocycles. The van der Waals surface area contributed by atoms with Crippen LogP contribution in [-0.2, 0) is 0 Å². The quantitative estimate of drug-likeness (QED) is 0.821. The van der Waals surface area contributed by atoms with E-state index in [2.05, 4.69) is 4.98 Å². The smallest absolute Gasteiger partial charge is 0.255 e. The summed E-state index contributed by atoms with van der Waals surface area (Å²) in [6, 6.07) is 11.0. The minimum absolute atomic E-state index is 0.0276. The van der Waals surface area contributed by atoms with Gasteiger partial charge in [-0.3, -0.25) is 4.79 Å². The zero-order chi connectivity index (χ0) is 18.1. The maximum atomic E-state index is 12.8. The van der Waals surface area contributed by atoms with E-state index < -0.39 is 0 Å². The monoisotopic (exact) mass is 372 g/mol. The van der Waals surface area contributed by atoms with E-state index in [0.717, 1.165) is 31.7 Å². The second kappa shape index (κ2) is 7.16. The minimum atomic E-state index is 0.0276. The Morgan fingerprint density at radius 3 is 2.65 bits per heavy atom. The van der Waals surface area contributed by atoms with Gasteiger partial charge in [-0.25, -0.2) is 4.98 Å². The van der Waals surface area contributed by atoms with Crippen molar-refractivity contribution in [3.8, 4) is 11.6 Å². The summed E-state index contributed by atoms with van der Waals surface area (Å²) in [5.74, 6) is 2.25. The topological polar surface area (TPSA) is 51.7 Å². The summed E-state index contributed by atoms with van der Waals surface area (Å²) >= 11 is 5.94. The molecular formula is C20H21ClN2O3. The highest BCUT2D eigenvalue weighted by molar-refractivity contribution is 6.30. The number of halogens is 1. The Bertz CT molecular complexity index is 779. The van der Waals surface area contributed by atoms with E-state index in [4.69, 9.17) is 21.1 Å². The lowest BCUT2D eigenvalue weighted by Crippen LogP contribution is -2.32. The second-order valence-corrected chi connectivity index (χ2v) is 7.35. The number of rotatable bonds is 4. The van der Waals surface area contributed by atoms with E-state index >= 15 is 0 Å². The number of carbonyl (C=O) groups excluding carboxylic acids is 1. The van der Waals surface area contributed by atoms with Crippen LogP contribution in [0.2, 0.25) is 5.02 Å². The average molecular weight is 373 g/mol. The fourth-order valence-corrected chi connectivity index (χ4v) is 4.15. The van der Waals surface area contributed by atoms with Gasteiger partial charge in [0.2, 0.25) is 5.88 Å². The summed E-state index contributed by atoms with van der Waals surface area (Å²) in [6.07, 6.45) is 3.85. The lowest BCUT2D eigenvalue weighted by atomic mass is 9.99. The van der Waals surface area contributed by atoms with Gasteiger partial charge in [-0.1, -0.05) is 11.6 Å². The van der Waals surface area contributed by atoms with E-state index in [-0.39, 0.29) is 12.0 Å². The zero-order valence-corrected chi connectivity index (χ0v) is 15.4. The lowest BCUT2D eigenvalue weighted by molar-refractivity contribution is 0.0762. The molecule has 2 aromatic rings. The molecule has 1 aliphatic heterocycles. The van der Waals surface area contributed by atoms with E-state index in [1.54, 1.807) is 25.4 Å². The van der Waals surface area contributed by atoms with Crippen LogP contribution in [0.4, 0.5) is 0 Å². The van der Waals surface area contributed by atoms with Gasteiger partial charge in [0.05, 0.1) is 12.7 Å². The van der Waals surface area contributed by atoms with Crippen molar-refractivity contribution in [2.24, 2.45) is 11.8 Å². The van der Waals surface area contributed by atoms with Gasteiger partial charge in [0.25, 0.3) is 5.91 Å². The van der Waals surface area contributed by atoms with Crippen LogP contribution in [0.1, 0.15) is 23.2 Å². The van der Waals surface area contributed by atoms with Crippen molar-refractivity contribution in [1.82, 2.24) is 9.88 Å². The van der Waals surface area contributed by atoms with Crippen molar-refractivity contribution in [3.63, 3.8) is 0 Å². The third-order valence-corrected chi connectivity index (χ3v) is 5.62. The fourth-order valence-electron chi connectivity index (χ4n) is 4.03. The van der Waals surface area contributed by atoms with Crippen LogP contribution in [0.3, 0.4) is 0 Å². The standard InChI is InChI=1S/C20H21ClN2O3/c1-25-19-9-3-13(10-22-19)20(24)23-11-14-2-8-18(17(14)12-23)26-16-6-4-15(21)5-7-16/h3-7,9-10,14,17-18H,2,8,11-12H2,1H3/t14-,17+,18-/m0/s1. The van der Waals surface area contributed by atoms with E-state index in [1.165, 1.54) is 0 Å². The average Bonchev–Trinajstić information content (AvgIpc) is 3.25. The summed E-state index contributed by atoms with van der Waals surface area (Å²) in [7, 11) is 1.56. The molecule has 1 aliphatic carbocycles. The molecule has 1 aromatic heterocycles. The Labute approximate surface area is 157 Å². The number of amides is 1. The van der Waals surface area contributed by atoms with E-state index in [0.29, 0.717) is 28.3 Å². The minimum Gasteiger partial charge on any atom is -0.490 e. The largest absolute Gasteiger partial charge is 0.490 e. The Morgan fingerprint density at radius 2 is 1.96 bits per heavy atom. The number of carbonyl (C=O) groups is 1. The Kier molecular flexibility index (Phi) is 4.72. The van der Waals surface area contributed by atoms with Crippen LogP contribution in [-0.4, -0.2) is 42.1 Å². The Morgan fingerprint density at radius 1 is 1.15 bits per heavy atom. The first kappa shape index (κ1) is 17.2. The predicted octanol–water partition coefficient (Wildman–Crippen LogP) is 3.67. The molecule has 0 bridgehead atoms. The molecule has 3 atom stereocenters. The first-order valence-electron chi connectivity index (χ1n) is 8.85. The molecule has 2 aliphatic rings. The molecule has 2 fully saturated rings. The van der Waals surface area contributed by atoms with E-state index in [1.807, 2.05) is 29.2 Å². The van der Waals surface area contributed by atoms with Gasteiger partial charge in [0, 0.05) is 36.3 Å². The molecule has 26 heavy (non-hydrogen) atoms. The van der Waals surface area contributed by atoms with Crippen LogP contribution < -0.4 is 9.47 Å². The Balaban J connectivity index is 1.41. The van der Waals surface area contributed by atoms with Gasteiger partial charge in [-0.15, -0.1) is 0 Å². The highest BCUT2D eigenvalue weighted by atomic mass is 35.5. The molecule has 2 heterocycles. The molecule has 0 spiro atoms. The SMILES string of the molecule is COc1ccc(C(=O)N2C[C@@H]3CC[C@H](Oc4ccc(Cl)cc4)[C@@H]3C2)cn1. The molecule has 5 nitrogen and oxygen atoms in total. The summed E-state index contributed by atoms with van der Waals surface area (Å²) in [6.45, 7) is 1.52. The number of hydrogen-bond donors (Lipinski definition) is 0. The molecule has 0 unspecified atom stereocenters. The normalized spacial score (nSPS) is 24.4. The van der Waals surface area contributed by atoms with Gasteiger partial charge in [-0.05, 0) is 49.1 Å². The van der Waals surface area contributed by atoms with Crippen LogP contribution in [0, 0.1) is 11.8 Å². The molecule has 6 heteroatoms. The van der Waals surface area contributed by atoms with Crippen LogP contribution in [0.5, 0.6) is 11.6 Å². The molecule has 1 aromatic carbocycles. The van der Waals surface area contributed by atoms with Crippen LogP contribution in [0.15, 0.2) is 42.6 Å². The van der Waals surface area contributed by atoms with Gasteiger partial charge >= 0.3 is 0 Å². The molecule has 4 rings (SSSR count). The van der Waals surface area contributed by atoms with Crippen molar-refractivity contribution in [1.29, 1.82) is 0 Å². The highest BCUT2D eigenvalue weighted by Gasteiger charge is 2.45. The molecular weight excluding hydrogens is 352 g/mol. The summed E-state index contributed by atoms with van der Waals surface area (Å²) < 4.78 is 11.2. The zero-order valence-electron chi connectivity index (χ0n) is 14.6. The van der Waals surface area contributed by atoms with Crippen molar-refractivity contribution in [2.45, 2.75) is 18.9 Å². The Hall–Kier alpha value is -2.27. The molecule has 1 saturated heterocycles. The predicted molar refractivity (Wildman–Crippen MR) is 98.8 cm³/mol. The maximum Gasteiger partial charge on any atom is 0.255 e. The first-order valence-corrected chi connectivity index (χ1v) is 9.23. The van der Waals surface area contributed by atoms with Crippen molar-refractivity contribution < 1.29 is 14.3 Å². The number of aromatic nitrogens is 1. The summed E-state index contributed by atoms with van der Waals surface area (Å²) in [4.78, 5) is 18.8. The summed E-state index contributed by atoms with van der Waals surface area (Å²) in [5.41, 5.74) is 0.598. The van der Waals surface area contributed by atoms with Gasteiger partial charge < -0.3 is 14.4 Å². The lowest BCUT2D eigenvalue weighted by Gasteiger charge is -2.22. The number of ether oxygens (including phenoxy) is 2. The second-order valence-electron chi connectivity index (χ2n) is 6.91. The number of benzene rings is 1. The number of methoxy groups -OCH3 is 1. The molecule has 136 valence electrons. The van der Waals surface area contributed by atoms with Gasteiger partial charge in [0.1, 0.15) is 11.9 Å². The van der Waals surface area contributed by atoms with Crippen LogP contribution in [0.25, 0.3) is 0 Å². The number of hydrogen-bond acceptors (Lipinski definition) is 4. The molecule has 0 radical (unpaired) electrons. The number of nitrogens with zero attached hydrogens (tertiary/aromatic N) is 2. The number of pyridine rings is 1. The van der Waals surface area contributed by atoms with Gasteiger partial charge in [0.15, 0.2) is 0 Å². The fraction of sp³-hybridized carbons (Fsp3) is 0.400. The molecule has 1 amide bonds. The molecule has 0 N–H and O–H groups in total. The third-order valence-electron chi connectivity index (χ3n) is 5.37. The van der Waals surface area contributed by atoms with Gasteiger partial charge in [-0.2, -0.15) is 0 Å². The van der Waals surface area contributed by atoms with Crippen LogP contribution >= 0.6 is 11.6 Å². The number of likely N-dealkylation sites (tertiary alicyclic amines) is 1. The van der Waals surface area contributed by atoms with Crippen molar-refractivity contribution in [2.75, 3.05) is 20.2 Å². The maximum absolute atomic E-state index is 12.8. The third kappa shape index (κ3) is 3.36.